The molecule has 0 saturated carbocycles. The van der Waals surface area contributed by atoms with E-state index in [9.17, 15) is 34.8 Å². The second kappa shape index (κ2) is 9.49. The number of aliphatic carboxylic acids is 1. The molecule has 0 radical (unpaired) electrons. The Balaban J connectivity index is 2.58. The van der Waals surface area contributed by atoms with Gasteiger partial charge in [0, 0.05) is 20.5 Å². The number of ether oxygens (including phenoxy) is 1. The van der Waals surface area contributed by atoms with Gasteiger partial charge in [-0.1, -0.05) is 0 Å². The Bertz CT molecular complexity index is 937. The molecule has 13 nitrogen and oxygen atoms in total. The molecule has 1 aliphatic heterocycles. The van der Waals surface area contributed by atoms with E-state index in [2.05, 4.69) is 4.99 Å². The van der Waals surface area contributed by atoms with E-state index in [-0.39, 0.29) is 25.0 Å². The summed E-state index contributed by atoms with van der Waals surface area (Å²) < 4.78 is 6.52. The van der Waals surface area contributed by atoms with Gasteiger partial charge in [0.2, 0.25) is 5.88 Å². The highest BCUT2D eigenvalue weighted by Gasteiger charge is 2.44. The number of carboxylic acid groups (broad SMARTS) is 1. The standard InChI is InChI=1S/C17H25N3O10/c1-19-14(26)10(15(27)20(2)17(19)29)7(4-3-5-9(22)23)18-11-13(25)12(24)8(6-21)30-16(11)28/h8,11-13,16,21,24-26,28H,3-6H2,1-2H3,(H,22,23)/t8-,11-,12-,13-,16?/m1/s1. The van der Waals surface area contributed by atoms with Gasteiger partial charge in [0.05, 0.1) is 12.3 Å². The lowest BCUT2D eigenvalue weighted by Gasteiger charge is -2.38. The average Bonchev–Trinajstić information content (AvgIpc) is 2.70. The number of carboxylic acids is 1. The highest BCUT2D eigenvalue weighted by molar-refractivity contribution is 6.02. The molecule has 1 saturated heterocycles. The zero-order chi connectivity index (χ0) is 22.7. The van der Waals surface area contributed by atoms with Gasteiger partial charge < -0.3 is 35.4 Å². The fourth-order valence-corrected chi connectivity index (χ4v) is 3.15. The summed E-state index contributed by atoms with van der Waals surface area (Å²) in [4.78, 5) is 39.5. The van der Waals surface area contributed by atoms with Crippen LogP contribution in [0.2, 0.25) is 0 Å². The number of hydrogen-bond donors (Lipinski definition) is 6. The van der Waals surface area contributed by atoms with Gasteiger partial charge >= 0.3 is 11.7 Å². The van der Waals surface area contributed by atoms with Crippen molar-refractivity contribution in [1.82, 2.24) is 9.13 Å². The number of carbonyl (C=O) groups is 1. The highest BCUT2D eigenvalue weighted by Crippen LogP contribution is 2.24. The predicted molar refractivity (Wildman–Crippen MR) is 100 cm³/mol. The van der Waals surface area contributed by atoms with Crippen LogP contribution in [0.1, 0.15) is 24.8 Å². The Hall–Kier alpha value is -2.58. The number of aliphatic imine (C=N–C) groups is 1. The Morgan fingerprint density at radius 3 is 2.30 bits per heavy atom. The van der Waals surface area contributed by atoms with Gasteiger partial charge in [0.1, 0.15) is 29.9 Å². The van der Waals surface area contributed by atoms with E-state index in [0.717, 1.165) is 4.57 Å². The lowest BCUT2D eigenvalue weighted by atomic mass is 9.96. The van der Waals surface area contributed by atoms with E-state index in [1.54, 1.807) is 0 Å². The quantitative estimate of drug-likeness (QED) is 0.236. The minimum Gasteiger partial charge on any atom is -0.494 e. The van der Waals surface area contributed by atoms with Crippen molar-refractivity contribution in [2.24, 2.45) is 19.1 Å². The van der Waals surface area contributed by atoms with Crippen LogP contribution in [0.3, 0.4) is 0 Å². The topological polar surface area (TPSA) is 204 Å². The predicted octanol–water partition coefficient (Wildman–Crippen LogP) is -3.37. The molecule has 168 valence electrons. The fraction of sp³-hybridized carbons (Fsp3) is 0.647. The molecule has 5 atom stereocenters. The zero-order valence-corrected chi connectivity index (χ0v) is 16.4. The van der Waals surface area contributed by atoms with E-state index < -0.39 is 65.9 Å². The van der Waals surface area contributed by atoms with Crippen LogP contribution in [0.25, 0.3) is 0 Å². The number of rotatable bonds is 7. The summed E-state index contributed by atoms with van der Waals surface area (Å²) in [7, 11) is 2.38. The van der Waals surface area contributed by atoms with Crippen LogP contribution >= 0.6 is 0 Å². The van der Waals surface area contributed by atoms with Gasteiger partial charge in [-0.25, -0.2) is 4.79 Å². The first-order valence-corrected chi connectivity index (χ1v) is 9.09. The van der Waals surface area contributed by atoms with Gasteiger partial charge in [0.25, 0.3) is 5.56 Å². The summed E-state index contributed by atoms with van der Waals surface area (Å²) in [5, 5.41) is 58.9. The SMILES string of the molecule is Cn1c(O)c(C(CCCC(=O)O)=N[C@H]2C(O)O[C@H](CO)[C@@H](O)[C@@H]2O)c(=O)n(C)c1=O. The number of aromatic nitrogens is 2. The summed E-state index contributed by atoms with van der Waals surface area (Å²) in [6.45, 7) is -0.681. The van der Waals surface area contributed by atoms with E-state index in [4.69, 9.17) is 14.9 Å². The van der Waals surface area contributed by atoms with Crippen molar-refractivity contribution < 1.29 is 40.2 Å². The molecule has 0 spiro atoms. The van der Waals surface area contributed by atoms with Crippen LogP contribution in [0.15, 0.2) is 14.6 Å². The summed E-state index contributed by atoms with van der Waals surface area (Å²) in [6, 6.07) is -1.51. The molecule has 6 N–H and O–H groups in total. The molecule has 1 unspecified atom stereocenters. The summed E-state index contributed by atoms with van der Waals surface area (Å²) in [6.07, 6.45) is -6.82. The summed E-state index contributed by atoms with van der Waals surface area (Å²) >= 11 is 0. The van der Waals surface area contributed by atoms with E-state index >= 15 is 0 Å². The Labute approximate surface area is 169 Å². The van der Waals surface area contributed by atoms with Crippen molar-refractivity contribution in [1.29, 1.82) is 0 Å². The molecular formula is C17H25N3O10. The van der Waals surface area contributed by atoms with Crippen LogP contribution in [-0.2, 0) is 23.6 Å². The number of hydrogen-bond acceptors (Lipinski definition) is 10. The number of aliphatic hydroxyl groups is 4. The van der Waals surface area contributed by atoms with Crippen LogP contribution in [-0.4, -0.2) is 88.7 Å². The monoisotopic (exact) mass is 431 g/mol. The van der Waals surface area contributed by atoms with Gasteiger partial charge in [0.15, 0.2) is 6.29 Å². The lowest BCUT2D eigenvalue weighted by molar-refractivity contribution is -0.248. The number of aliphatic hydroxyl groups excluding tert-OH is 4. The van der Waals surface area contributed by atoms with Gasteiger partial charge in [-0.15, -0.1) is 0 Å². The van der Waals surface area contributed by atoms with Crippen LogP contribution in [0.4, 0.5) is 0 Å². The third-order valence-corrected chi connectivity index (χ3v) is 4.90. The van der Waals surface area contributed by atoms with E-state index in [0.29, 0.717) is 4.57 Å². The first kappa shape index (κ1) is 23.7. The molecule has 2 rings (SSSR count). The molecular weight excluding hydrogens is 406 g/mol. The first-order chi connectivity index (χ1) is 14.0. The maximum absolute atomic E-state index is 12.6. The molecule has 30 heavy (non-hydrogen) atoms. The van der Waals surface area contributed by atoms with E-state index in [1.165, 1.54) is 14.1 Å². The average molecular weight is 431 g/mol. The van der Waals surface area contributed by atoms with Crippen LogP contribution in [0, 0.1) is 0 Å². The number of nitrogens with zero attached hydrogens (tertiary/aromatic N) is 3. The highest BCUT2D eigenvalue weighted by atomic mass is 16.6. The second-order valence-corrected chi connectivity index (χ2v) is 6.95. The molecule has 0 aliphatic carbocycles. The minimum absolute atomic E-state index is 0.0127. The molecule has 1 aromatic rings. The van der Waals surface area contributed by atoms with E-state index in [1.807, 2.05) is 0 Å². The fourth-order valence-electron chi connectivity index (χ4n) is 3.15. The van der Waals surface area contributed by atoms with Gasteiger partial charge in [-0.05, 0) is 12.8 Å². The largest absolute Gasteiger partial charge is 0.494 e. The first-order valence-electron chi connectivity index (χ1n) is 9.09. The molecule has 2 heterocycles. The Kier molecular flexibility index (Phi) is 7.49. The Morgan fingerprint density at radius 1 is 1.10 bits per heavy atom. The van der Waals surface area contributed by atoms with Crippen molar-refractivity contribution in [2.45, 2.75) is 49.9 Å². The smallest absolute Gasteiger partial charge is 0.333 e. The third-order valence-electron chi connectivity index (χ3n) is 4.90. The third kappa shape index (κ3) is 4.60. The molecule has 13 heteroatoms. The number of aromatic hydroxyl groups is 1. The van der Waals surface area contributed by atoms with Gasteiger partial charge in [-0.2, -0.15) is 0 Å². The van der Waals surface area contributed by atoms with Crippen LogP contribution in [0.5, 0.6) is 5.88 Å². The van der Waals surface area contributed by atoms with Crippen molar-refractivity contribution >= 4 is 11.7 Å². The molecule has 1 aliphatic rings. The van der Waals surface area contributed by atoms with Crippen molar-refractivity contribution in [3.05, 3.63) is 26.4 Å². The Morgan fingerprint density at radius 2 is 1.73 bits per heavy atom. The van der Waals surface area contributed by atoms with Crippen molar-refractivity contribution in [2.75, 3.05) is 6.61 Å². The van der Waals surface area contributed by atoms with Crippen molar-refractivity contribution in [3.63, 3.8) is 0 Å². The maximum Gasteiger partial charge on any atom is 0.333 e. The normalized spacial score (nSPS) is 27.3. The molecule has 0 amide bonds. The van der Waals surface area contributed by atoms with Crippen LogP contribution < -0.4 is 11.2 Å². The summed E-state index contributed by atoms with van der Waals surface area (Å²) in [5.41, 5.74) is -2.33. The van der Waals surface area contributed by atoms with Gasteiger partial charge in [-0.3, -0.25) is 23.7 Å². The minimum atomic E-state index is -1.77. The maximum atomic E-state index is 12.6. The zero-order valence-electron chi connectivity index (χ0n) is 16.4. The molecule has 0 aromatic carbocycles. The lowest BCUT2D eigenvalue weighted by Crippen LogP contribution is -2.58. The second-order valence-electron chi connectivity index (χ2n) is 6.95. The molecule has 0 bridgehead atoms. The molecule has 1 fully saturated rings. The summed E-state index contributed by atoms with van der Waals surface area (Å²) in [5.74, 6) is -1.85. The molecule has 1 aromatic heterocycles. The van der Waals surface area contributed by atoms with Crippen molar-refractivity contribution in [3.8, 4) is 5.88 Å².